The minimum absolute atomic E-state index is 0.158. The van der Waals surface area contributed by atoms with Crippen molar-refractivity contribution in [1.29, 1.82) is 0 Å². The molecular formula is C16H14N2OS. The van der Waals surface area contributed by atoms with Gasteiger partial charge in [-0.15, -0.1) is 11.3 Å². The SMILES string of the molecule is Cc1cccc2c(N)c(C(=O)Nc3ccccc3)sc12. The van der Waals surface area contributed by atoms with Gasteiger partial charge in [-0.25, -0.2) is 0 Å². The molecule has 0 saturated carbocycles. The summed E-state index contributed by atoms with van der Waals surface area (Å²) in [7, 11) is 0. The zero-order chi connectivity index (χ0) is 14.1. The maximum atomic E-state index is 12.3. The highest BCUT2D eigenvalue weighted by atomic mass is 32.1. The van der Waals surface area contributed by atoms with Gasteiger partial charge in [0.05, 0.1) is 5.69 Å². The van der Waals surface area contributed by atoms with Crippen molar-refractivity contribution in [3.63, 3.8) is 0 Å². The highest BCUT2D eigenvalue weighted by Gasteiger charge is 2.17. The number of rotatable bonds is 2. The summed E-state index contributed by atoms with van der Waals surface area (Å²) in [4.78, 5) is 12.9. The zero-order valence-corrected chi connectivity index (χ0v) is 11.8. The Morgan fingerprint density at radius 3 is 2.55 bits per heavy atom. The molecule has 3 N–H and O–H groups in total. The highest BCUT2D eigenvalue weighted by Crippen LogP contribution is 2.35. The van der Waals surface area contributed by atoms with E-state index in [0.717, 1.165) is 21.3 Å². The molecule has 0 aliphatic carbocycles. The molecule has 0 fully saturated rings. The topological polar surface area (TPSA) is 55.1 Å². The maximum Gasteiger partial charge on any atom is 0.267 e. The number of hydrogen-bond donors (Lipinski definition) is 2. The summed E-state index contributed by atoms with van der Waals surface area (Å²) in [5, 5.41) is 3.82. The van der Waals surface area contributed by atoms with Crippen LogP contribution in [0.4, 0.5) is 11.4 Å². The van der Waals surface area contributed by atoms with Crippen LogP contribution in [0.15, 0.2) is 48.5 Å². The maximum absolute atomic E-state index is 12.3. The average molecular weight is 282 g/mol. The molecule has 4 heteroatoms. The third kappa shape index (κ3) is 2.14. The Labute approximate surface area is 121 Å². The number of aryl methyl sites for hydroxylation is 1. The monoisotopic (exact) mass is 282 g/mol. The first-order chi connectivity index (χ1) is 9.66. The Balaban J connectivity index is 2.00. The summed E-state index contributed by atoms with van der Waals surface area (Å²) in [5.74, 6) is -0.158. The Bertz CT molecular complexity index is 778. The van der Waals surface area contributed by atoms with E-state index in [9.17, 15) is 4.79 Å². The quantitative estimate of drug-likeness (QED) is 0.745. The molecule has 1 amide bonds. The molecule has 0 atom stereocenters. The number of thiophene rings is 1. The van der Waals surface area contributed by atoms with Gasteiger partial charge in [0.25, 0.3) is 5.91 Å². The first kappa shape index (κ1) is 12.7. The smallest absolute Gasteiger partial charge is 0.267 e. The van der Waals surface area contributed by atoms with Crippen molar-refractivity contribution < 1.29 is 4.79 Å². The van der Waals surface area contributed by atoms with Gasteiger partial charge < -0.3 is 11.1 Å². The van der Waals surface area contributed by atoms with Gasteiger partial charge in [0.15, 0.2) is 0 Å². The lowest BCUT2D eigenvalue weighted by Gasteiger charge is -2.03. The number of nitrogens with one attached hydrogen (secondary N) is 1. The van der Waals surface area contributed by atoms with Gasteiger partial charge in [-0.1, -0.05) is 36.4 Å². The zero-order valence-electron chi connectivity index (χ0n) is 11.0. The number of nitrogen functional groups attached to an aromatic ring is 1. The first-order valence-corrected chi connectivity index (χ1v) is 7.12. The van der Waals surface area contributed by atoms with Crippen molar-refractivity contribution in [3.05, 3.63) is 59.0 Å². The van der Waals surface area contributed by atoms with E-state index in [1.165, 1.54) is 11.3 Å². The third-order valence-electron chi connectivity index (χ3n) is 3.19. The lowest BCUT2D eigenvalue weighted by molar-refractivity contribution is 0.103. The molecule has 3 nitrogen and oxygen atoms in total. The fourth-order valence-corrected chi connectivity index (χ4v) is 3.24. The van der Waals surface area contributed by atoms with Crippen molar-refractivity contribution in [2.24, 2.45) is 0 Å². The molecule has 3 aromatic rings. The molecule has 0 aliphatic rings. The number of fused-ring (bicyclic) bond motifs is 1. The summed E-state index contributed by atoms with van der Waals surface area (Å²) < 4.78 is 1.07. The van der Waals surface area contributed by atoms with Crippen molar-refractivity contribution in [1.82, 2.24) is 0 Å². The van der Waals surface area contributed by atoms with Crippen LogP contribution in [0, 0.1) is 6.92 Å². The molecule has 0 aliphatic heterocycles. The number of anilines is 2. The minimum atomic E-state index is -0.158. The van der Waals surface area contributed by atoms with Crippen LogP contribution in [-0.2, 0) is 0 Å². The second-order valence-corrected chi connectivity index (χ2v) is 5.64. The Kier molecular flexibility index (Phi) is 3.16. The van der Waals surface area contributed by atoms with Gasteiger partial charge in [-0.3, -0.25) is 4.79 Å². The summed E-state index contributed by atoms with van der Waals surface area (Å²) >= 11 is 1.44. The van der Waals surface area contributed by atoms with Crippen molar-refractivity contribution in [2.45, 2.75) is 6.92 Å². The van der Waals surface area contributed by atoms with E-state index >= 15 is 0 Å². The Morgan fingerprint density at radius 1 is 1.10 bits per heavy atom. The Morgan fingerprint density at radius 2 is 1.85 bits per heavy atom. The van der Waals surface area contributed by atoms with Gasteiger partial charge in [0.2, 0.25) is 0 Å². The molecular weight excluding hydrogens is 268 g/mol. The van der Waals surface area contributed by atoms with Crippen LogP contribution in [-0.4, -0.2) is 5.91 Å². The van der Waals surface area contributed by atoms with Crippen LogP contribution in [0.2, 0.25) is 0 Å². The van der Waals surface area contributed by atoms with Crippen LogP contribution >= 0.6 is 11.3 Å². The fourth-order valence-electron chi connectivity index (χ4n) is 2.16. The molecule has 1 heterocycles. The molecule has 1 aromatic heterocycles. The average Bonchev–Trinajstić information content (AvgIpc) is 2.79. The number of amides is 1. The van der Waals surface area contributed by atoms with E-state index in [4.69, 9.17) is 5.73 Å². The molecule has 100 valence electrons. The minimum Gasteiger partial charge on any atom is -0.397 e. The fraction of sp³-hybridized carbons (Fsp3) is 0.0625. The molecule has 2 aromatic carbocycles. The van der Waals surface area contributed by atoms with Crippen LogP contribution < -0.4 is 11.1 Å². The molecule has 0 saturated heterocycles. The third-order valence-corrected chi connectivity index (χ3v) is 4.54. The van der Waals surface area contributed by atoms with E-state index < -0.39 is 0 Å². The largest absolute Gasteiger partial charge is 0.397 e. The van der Waals surface area contributed by atoms with Crippen LogP contribution in [0.3, 0.4) is 0 Å². The summed E-state index contributed by atoms with van der Waals surface area (Å²) in [6, 6.07) is 15.3. The van der Waals surface area contributed by atoms with E-state index in [1.807, 2.05) is 55.5 Å². The first-order valence-electron chi connectivity index (χ1n) is 6.31. The number of carbonyl (C=O) groups excluding carboxylic acids is 1. The summed E-state index contributed by atoms with van der Waals surface area (Å²) in [6.07, 6.45) is 0. The van der Waals surface area contributed by atoms with Gasteiger partial charge in [0, 0.05) is 15.8 Å². The molecule has 0 spiro atoms. The summed E-state index contributed by atoms with van der Waals surface area (Å²) in [5.41, 5.74) is 8.58. The van der Waals surface area contributed by atoms with Crippen molar-refractivity contribution in [3.8, 4) is 0 Å². The van der Waals surface area contributed by atoms with Crippen molar-refractivity contribution in [2.75, 3.05) is 11.1 Å². The number of benzene rings is 2. The number of hydrogen-bond acceptors (Lipinski definition) is 3. The standard InChI is InChI=1S/C16H14N2OS/c1-10-6-5-9-12-13(17)15(20-14(10)12)16(19)18-11-7-3-2-4-8-11/h2-9H,17H2,1H3,(H,18,19). The highest BCUT2D eigenvalue weighted by molar-refractivity contribution is 7.21. The molecule has 0 bridgehead atoms. The van der Waals surface area contributed by atoms with E-state index in [0.29, 0.717) is 10.6 Å². The van der Waals surface area contributed by atoms with E-state index in [1.54, 1.807) is 0 Å². The Hall–Kier alpha value is -2.33. The predicted molar refractivity (Wildman–Crippen MR) is 85.4 cm³/mol. The van der Waals surface area contributed by atoms with Crippen LogP contribution in [0.25, 0.3) is 10.1 Å². The van der Waals surface area contributed by atoms with E-state index in [2.05, 4.69) is 5.32 Å². The van der Waals surface area contributed by atoms with Gasteiger partial charge in [0.1, 0.15) is 4.88 Å². The van der Waals surface area contributed by atoms with Crippen LogP contribution in [0.5, 0.6) is 0 Å². The van der Waals surface area contributed by atoms with Gasteiger partial charge >= 0.3 is 0 Å². The molecule has 0 radical (unpaired) electrons. The van der Waals surface area contributed by atoms with Gasteiger partial charge in [-0.05, 0) is 24.6 Å². The predicted octanol–water partition coefficient (Wildman–Crippen LogP) is 4.04. The number of nitrogens with two attached hydrogens (primary N) is 1. The normalized spacial score (nSPS) is 10.7. The van der Waals surface area contributed by atoms with Crippen molar-refractivity contribution >= 4 is 38.7 Å². The molecule has 3 rings (SSSR count). The second-order valence-electron chi connectivity index (χ2n) is 4.62. The second kappa shape index (κ2) is 4.98. The summed E-state index contributed by atoms with van der Waals surface area (Å²) in [6.45, 7) is 2.02. The lowest BCUT2D eigenvalue weighted by Crippen LogP contribution is -2.11. The lowest BCUT2D eigenvalue weighted by atomic mass is 10.1. The molecule has 20 heavy (non-hydrogen) atoms. The van der Waals surface area contributed by atoms with Crippen LogP contribution in [0.1, 0.15) is 15.2 Å². The van der Waals surface area contributed by atoms with E-state index in [-0.39, 0.29) is 5.91 Å². The number of para-hydroxylation sites is 1. The molecule has 0 unspecified atom stereocenters. The van der Waals surface area contributed by atoms with Gasteiger partial charge in [-0.2, -0.15) is 0 Å². The number of carbonyl (C=O) groups is 1.